The predicted octanol–water partition coefficient (Wildman–Crippen LogP) is 3.46. The van der Waals surface area contributed by atoms with Crippen LogP contribution in [0.1, 0.15) is 37.4 Å². The van der Waals surface area contributed by atoms with Crippen molar-refractivity contribution in [3.63, 3.8) is 0 Å². The van der Waals surface area contributed by atoms with Crippen LogP contribution in [0.2, 0.25) is 5.02 Å². The molecule has 102 valence electrons. The molecule has 1 aliphatic carbocycles. The third kappa shape index (κ3) is 2.26. The van der Waals surface area contributed by atoms with Crippen molar-refractivity contribution in [1.29, 1.82) is 0 Å². The molecule has 1 saturated carbocycles. The van der Waals surface area contributed by atoms with E-state index in [0.29, 0.717) is 11.8 Å². The zero-order valence-electron chi connectivity index (χ0n) is 11.3. The van der Waals surface area contributed by atoms with Crippen molar-refractivity contribution in [2.24, 2.45) is 18.7 Å². The summed E-state index contributed by atoms with van der Waals surface area (Å²) in [6.07, 6.45) is 5.01. The van der Waals surface area contributed by atoms with Crippen LogP contribution in [0.15, 0.2) is 18.2 Å². The van der Waals surface area contributed by atoms with E-state index in [-0.39, 0.29) is 0 Å². The molecule has 1 heterocycles. The zero-order chi connectivity index (χ0) is 13.4. The molecule has 3 rings (SSSR count). The van der Waals surface area contributed by atoms with E-state index < -0.39 is 0 Å². The summed E-state index contributed by atoms with van der Waals surface area (Å²) in [6.45, 7) is 0.759. The number of hydrogen-bond acceptors (Lipinski definition) is 2. The van der Waals surface area contributed by atoms with Gasteiger partial charge in [-0.1, -0.05) is 24.4 Å². The number of hydrogen-bond donors (Lipinski definition) is 1. The van der Waals surface area contributed by atoms with Gasteiger partial charge < -0.3 is 10.3 Å². The molecule has 1 fully saturated rings. The highest BCUT2D eigenvalue weighted by atomic mass is 35.5. The summed E-state index contributed by atoms with van der Waals surface area (Å²) >= 11 is 6.05. The van der Waals surface area contributed by atoms with E-state index in [1.165, 1.54) is 31.5 Å². The highest BCUT2D eigenvalue weighted by Gasteiger charge is 2.29. The first-order valence-corrected chi connectivity index (χ1v) is 7.40. The number of imidazole rings is 1. The van der Waals surface area contributed by atoms with Crippen LogP contribution in [0, 0.1) is 5.92 Å². The smallest absolute Gasteiger partial charge is 0.113 e. The Morgan fingerprint density at radius 2 is 2.16 bits per heavy atom. The first-order chi connectivity index (χ1) is 9.20. The van der Waals surface area contributed by atoms with Crippen molar-refractivity contribution in [1.82, 2.24) is 9.55 Å². The van der Waals surface area contributed by atoms with Gasteiger partial charge in [0.2, 0.25) is 0 Å². The predicted molar refractivity (Wildman–Crippen MR) is 79.5 cm³/mol. The number of halogens is 1. The normalized spacial score (nSPS) is 23.9. The van der Waals surface area contributed by atoms with E-state index in [4.69, 9.17) is 22.3 Å². The van der Waals surface area contributed by atoms with Gasteiger partial charge in [-0.3, -0.25) is 0 Å². The average Bonchev–Trinajstić information content (AvgIpc) is 2.75. The number of aryl methyl sites for hydroxylation is 1. The van der Waals surface area contributed by atoms with E-state index in [1.807, 2.05) is 12.1 Å². The quantitative estimate of drug-likeness (QED) is 0.914. The summed E-state index contributed by atoms with van der Waals surface area (Å²) in [4.78, 5) is 4.82. The minimum Gasteiger partial charge on any atom is -0.331 e. The standard InChI is InChI=1S/C15H20ClN3/c1-19-14-7-6-11(16)8-13(14)18-15(19)12-5-3-2-4-10(12)9-17/h6-8,10,12H,2-5,9,17H2,1H3. The summed E-state index contributed by atoms with van der Waals surface area (Å²) in [5.41, 5.74) is 8.09. The highest BCUT2D eigenvalue weighted by Crippen LogP contribution is 2.37. The number of benzene rings is 1. The Labute approximate surface area is 118 Å². The largest absolute Gasteiger partial charge is 0.331 e. The van der Waals surface area contributed by atoms with Crippen molar-refractivity contribution >= 4 is 22.6 Å². The number of nitrogens with two attached hydrogens (primary N) is 1. The lowest BCUT2D eigenvalue weighted by atomic mass is 9.79. The fourth-order valence-corrected chi connectivity index (χ4v) is 3.52. The van der Waals surface area contributed by atoms with E-state index in [9.17, 15) is 0 Å². The van der Waals surface area contributed by atoms with Crippen LogP contribution >= 0.6 is 11.6 Å². The second-order valence-corrected chi connectivity index (χ2v) is 5.99. The molecule has 1 aromatic carbocycles. The Kier molecular flexibility index (Phi) is 3.50. The molecular weight excluding hydrogens is 258 g/mol. The topological polar surface area (TPSA) is 43.8 Å². The van der Waals surface area contributed by atoms with Gasteiger partial charge in [-0.05, 0) is 43.5 Å². The van der Waals surface area contributed by atoms with Crippen molar-refractivity contribution in [3.8, 4) is 0 Å². The first-order valence-electron chi connectivity index (χ1n) is 7.02. The molecule has 0 amide bonds. The Balaban J connectivity index is 2.06. The molecule has 19 heavy (non-hydrogen) atoms. The van der Waals surface area contributed by atoms with Crippen molar-refractivity contribution in [3.05, 3.63) is 29.0 Å². The van der Waals surface area contributed by atoms with Gasteiger partial charge in [0.25, 0.3) is 0 Å². The van der Waals surface area contributed by atoms with Gasteiger partial charge in [0.1, 0.15) is 5.82 Å². The van der Waals surface area contributed by atoms with Crippen molar-refractivity contribution in [2.75, 3.05) is 6.54 Å². The summed E-state index contributed by atoms with van der Waals surface area (Å²) in [7, 11) is 2.10. The fourth-order valence-electron chi connectivity index (χ4n) is 3.35. The molecule has 4 heteroatoms. The van der Waals surface area contributed by atoms with Gasteiger partial charge in [-0.15, -0.1) is 0 Å². The molecule has 0 spiro atoms. The Hall–Kier alpha value is -1.06. The number of nitrogens with zero attached hydrogens (tertiary/aromatic N) is 2. The SMILES string of the molecule is Cn1c(C2CCCCC2CN)nc2cc(Cl)ccc21. The lowest BCUT2D eigenvalue weighted by Gasteiger charge is -2.30. The van der Waals surface area contributed by atoms with Crippen LogP contribution in [-0.4, -0.2) is 16.1 Å². The molecule has 1 aliphatic rings. The molecule has 2 aromatic rings. The second kappa shape index (κ2) is 5.14. The minimum absolute atomic E-state index is 0.495. The van der Waals surface area contributed by atoms with Gasteiger partial charge in [-0.25, -0.2) is 4.98 Å². The van der Waals surface area contributed by atoms with E-state index in [0.717, 1.165) is 22.6 Å². The maximum absolute atomic E-state index is 6.05. The summed E-state index contributed by atoms with van der Waals surface area (Å²) in [5.74, 6) is 2.24. The number of aromatic nitrogens is 2. The van der Waals surface area contributed by atoms with Crippen LogP contribution in [0.25, 0.3) is 11.0 Å². The van der Waals surface area contributed by atoms with Crippen LogP contribution in [0.3, 0.4) is 0 Å². The maximum Gasteiger partial charge on any atom is 0.113 e. The summed E-state index contributed by atoms with van der Waals surface area (Å²) in [6, 6.07) is 5.92. The van der Waals surface area contributed by atoms with E-state index >= 15 is 0 Å². The van der Waals surface area contributed by atoms with Crippen molar-refractivity contribution < 1.29 is 0 Å². The third-order valence-corrected chi connectivity index (χ3v) is 4.66. The van der Waals surface area contributed by atoms with Gasteiger partial charge in [0, 0.05) is 18.0 Å². The van der Waals surface area contributed by atoms with Crippen LogP contribution in [0.4, 0.5) is 0 Å². The Morgan fingerprint density at radius 3 is 2.95 bits per heavy atom. The molecule has 0 aliphatic heterocycles. The zero-order valence-corrected chi connectivity index (χ0v) is 12.0. The van der Waals surface area contributed by atoms with Gasteiger partial charge in [-0.2, -0.15) is 0 Å². The van der Waals surface area contributed by atoms with Gasteiger partial charge in [0.05, 0.1) is 11.0 Å². The number of rotatable bonds is 2. The molecule has 0 radical (unpaired) electrons. The molecule has 0 saturated heterocycles. The van der Waals surface area contributed by atoms with Crippen LogP contribution in [0.5, 0.6) is 0 Å². The third-order valence-electron chi connectivity index (χ3n) is 4.42. The van der Waals surface area contributed by atoms with Gasteiger partial charge >= 0.3 is 0 Å². The summed E-state index contributed by atoms with van der Waals surface area (Å²) in [5, 5.41) is 0.746. The molecule has 2 atom stereocenters. The Bertz CT molecular complexity index is 590. The average molecular weight is 278 g/mol. The summed E-state index contributed by atoms with van der Waals surface area (Å²) < 4.78 is 2.21. The molecule has 0 bridgehead atoms. The molecule has 3 nitrogen and oxygen atoms in total. The first kappa shape index (κ1) is 12.9. The highest BCUT2D eigenvalue weighted by molar-refractivity contribution is 6.31. The lowest BCUT2D eigenvalue weighted by molar-refractivity contribution is 0.301. The van der Waals surface area contributed by atoms with E-state index in [2.05, 4.69) is 17.7 Å². The van der Waals surface area contributed by atoms with Crippen LogP contribution < -0.4 is 5.73 Å². The number of fused-ring (bicyclic) bond motifs is 1. The molecule has 1 aromatic heterocycles. The second-order valence-electron chi connectivity index (χ2n) is 5.55. The van der Waals surface area contributed by atoms with Crippen LogP contribution in [-0.2, 0) is 7.05 Å². The molecule has 2 N–H and O–H groups in total. The monoisotopic (exact) mass is 277 g/mol. The van der Waals surface area contributed by atoms with E-state index in [1.54, 1.807) is 0 Å². The van der Waals surface area contributed by atoms with Gasteiger partial charge in [0.15, 0.2) is 0 Å². The molecule has 2 unspecified atom stereocenters. The maximum atomic E-state index is 6.05. The van der Waals surface area contributed by atoms with Crippen molar-refractivity contribution in [2.45, 2.75) is 31.6 Å². The lowest BCUT2D eigenvalue weighted by Crippen LogP contribution is -2.27. The minimum atomic E-state index is 0.495. The fraction of sp³-hybridized carbons (Fsp3) is 0.533. The molecular formula is C15H20ClN3. The Morgan fingerprint density at radius 1 is 1.37 bits per heavy atom.